The van der Waals surface area contributed by atoms with Gasteiger partial charge in [-0.3, -0.25) is 20.4 Å². The number of hydrogen-bond acceptors (Lipinski definition) is 6. The summed E-state index contributed by atoms with van der Waals surface area (Å²) >= 11 is 7.50. The second-order valence-corrected chi connectivity index (χ2v) is 7.00. The molecule has 0 saturated carbocycles. The molecule has 9 heteroatoms. The number of ether oxygens (including phenoxy) is 3. The summed E-state index contributed by atoms with van der Waals surface area (Å²) in [4.78, 5) is 24.5. The van der Waals surface area contributed by atoms with Crippen molar-refractivity contribution in [2.75, 3.05) is 20.8 Å². The fourth-order valence-corrected chi connectivity index (χ4v) is 3.80. The molecule has 0 aliphatic rings. The maximum absolute atomic E-state index is 12.4. The topological polar surface area (TPSA) is 85.9 Å². The number of thiophene rings is 1. The van der Waals surface area contributed by atoms with Gasteiger partial charge in [-0.2, -0.15) is 0 Å². The van der Waals surface area contributed by atoms with Gasteiger partial charge in [0.1, 0.15) is 22.1 Å². The van der Waals surface area contributed by atoms with Gasteiger partial charge in [0.05, 0.1) is 19.2 Å². The van der Waals surface area contributed by atoms with E-state index >= 15 is 0 Å². The number of benzene rings is 2. The number of amides is 2. The SMILES string of the molecule is COc1ccc(OCC(=O)NNC(=O)c2sc3cc(OC)ccc3c2Cl)cc1. The Morgan fingerprint density at radius 1 is 0.964 bits per heavy atom. The number of carbonyl (C=O) groups is 2. The number of methoxy groups -OCH3 is 2. The van der Waals surface area contributed by atoms with E-state index in [1.54, 1.807) is 56.7 Å². The van der Waals surface area contributed by atoms with Crippen LogP contribution in [0.2, 0.25) is 5.02 Å². The van der Waals surface area contributed by atoms with Gasteiger partial charge < -0.3 is 14.2 Å². The van der Waals surface area contributed by atoms with Crippen molar-refractivity contribution in [1.29, 1.82) is 0 Å². The van der Waals surface area contributed by atoms with Gasteiger partial charge in [0.25, 0.3) is 11.8 Å². The zero-order valence-electron chi connectivity index (χ0n) is 15.1. The van der Waals surface area contributed by atoms with Crippen LogP contribution in [0, 0.1) is 0 Å². The molecule has 0 aliphatic carbocycles. The van der Waals surface area contributed by atoms with Crippen LogP contribution in [0.4, 0.5) is 0 Å². The Morgan fingerprint density at radius 2 is 1.61 bits per heavy atom. The van der Waals surface area contributed by atoms with Gasteiger partial charge in [-0.1, -0.05) is 11.6 Å². The van der Waals surface area contributed by atoms with E-state index in [2.05, 4.69) is 10.9 Å². The Morgan fingerprint density at radius 3 is 2.29 bits per heavy atom. The lowest BCUT2D eigenvalue weighted by Gasteiger charge is -2.08. The molecule has 0 bridgehead atoms. The zero-order chi connectivity index (χ0) is 20.1. The van der Waals surface area contributed by atoms with Crippen molar-refractivity contribution in [3.05, 3.63) is 52.4 Å². The molecule has 3 rings (SSSR count). The van der Waals surface area contributed by atoms with Gasteiger partial charge >= 0.3 is 0 Å². The number of halogens is 1. The fraction of sp³-hybridized carbons (Fsp3) is 0.158. The molecule has 0 saturated heterocycles. The summed E-state index contributed by atoms with van der Waals surface area (Å²) in [6.45, 7) is -0.260. The summed E-state index contributed by atoms with van der Waals surface area (Å²) in [7, 11) is 3.12. The van der Waals surface area contributed by atoms with Crippen molar-refractivity contribution >= 4 is 44.8 Å². The minimum atomic E-state index is -0.511. The van der Waals surface area contributed by atoms with Crippen molar-refractivity contribution in [3.63, 3.8) is 0 Å². The fourth-order valence-electron chi connectivity index (χ4n) is 2.36. The number of fused-ring (bicyclic) bond motifs is 1. The lowest BCUT2D eigenvalue weighted by atomic mass is 10.2. The maximum Gasteiger partial charge on any atom is 0.281 e. The van der Waals surface area contributed by atoms with Crippen LogP contribution in [0.3, 0.4) is 0 Å². The largest absolute Gasteiger partial charge is 0.497 e. The van der Waals surface area contributed by atoms with Crippen molar-refractivity contribution in [3.8, 4) is 17.2 Å². The third-order valence-corrected chi connectivity index (χ3v) is 5.44. The van der Waals surface area contributed by atoms with Crippen LogP contribution < -0.4 is 25.1 Å². The van der Waals surface area contributed by atoms with Crippen LogP contribution in [0.15, 0.2) is 42.5 Å². The molecule has 7 nitrogen and oxygen atoms in total. The predicted molar refractivity (Wildman–Crippen MR) is 107 cm³/mol. The Kier molecular flexibility index (Phi) is 6.23. The van der Waals surface area contributed by atoms with Gasteiger partial charge in [-0.25, -0.2) is 0 Å². The Labute approximate surface area is 170 Å². The molecule has 0 radical (unpaired) electrons. The standard InChI is InChI=1S/C19H17ClN2O5S/c1-25-11-3-5-12(6-4-11)27-10-16(23)21-22-19(24)18-17(20)14-8-7-13(26-2)9-15(14)28-18/h3-9H,10H2,1-2H3,(H,21,23)(H,22,24). The first-order valence-electron chi connectivity index (χ1n) is 8.14. The number of hydrogen-bond donors (Lipinski definition) is 2. The summed E-state index contributed by atoms with van der Waals surface area (Å²) in [5.41, 5.74) is 4.64. The summed E-state index contributed by atoms with van der Waals surface area (Å²) in [6.07, 6.45) is 0. The molecule has 28 heavy (non-hydrogen) atoms. The van der Waals surface area contributed by atoms with Gasteiger partial charge in [-0.15, -0.1) is 11.3 Å². The van der Waals surface area contributed by atoms with Crippen LogP contribution in [0.1, 0.15) is 9.67 Å². The van der Waals surface area contributed by atoms with Crippen LogP contribution >= 0.6 is 22.9 Å². The molecule has 0 atom stereocenters. The van der Waals surface area contributed by atoms with Crippen molar-refractivity contribution < 1.29 is 23.8 Å². The molecule has 2 N–H and O–H groups in total. The van der Waals surface area contributed by atoms with E-state index in [1.807, 2.05) is 0 Å². The Balaban J connectivity index is 1.56. The highest BCUT2D eigenvalue weighted by Crippen LogP contribution is 2.37. The maximum atomic E-state index is 12.4. The van der Waals surface area contributed by atoms with Crippen LogP contribution in [0.25, 0.3) is 10.1 Å². The lowest BCUT2D eigenvalue weighted by molar-refractivity contribution is -0.123. The third-order valence-electron chi connectivity index (χ3n) is 3.79. The van der Waals surface area contributed by atoms with E-state index in [0.29, 0.717) is 27.1 Å². The van der Waals surface area contributed by atoms with Crippen LogP contribution in [-0.4, -0.2) is 32.6 Å². The van der Waals surface area contributed by atoms with Gasteiger partial charge in [0.2, 0.25) is 0 Å². The smallest absolute Gasteiger partial charge is 0.281 e. The molecule has 0 aliphatic heterocycles. The molecule has 0 unspecified atom stereocenters. The first kappa shape index (κ1) is 19.8. The van der Waals surface area contributed by atoms with Crippen LogP contribution in [0.5, 0.6) is 17.2 Å². The average Bonchev–Trinajstić information content (AvgIpc) is 3.06. The normalized spacial score (nSPS) is 10.4. The summed E-state index contributed by atoms with van der Waals surface area (Å²) in [5, 5.41) is 1.07. The van der Waals surface area contributed by atoms with Crippen molar-refractivity contribution in [2.45, 2.75) is 0 Å². The van der Waals surface area contributed by atoms with E-state index in [9.17, 15) is 9.59 Å². The molecule has 2 aromatic carbocycles. The molecule has 0 spiro atoms. The van der Waals surface area contributed by atoms with E-state index in [4.69, 9.17) is 25.8 Å². The summed E-state index contributed by atoms with van der Waals surface area (Å²) in [6, 6.07) is 12.1. The third kappa shape index (κ3) is 4.47. The van der Waals surface area contributed by atoms with Gasteiger partial charge in [0.15, 0.2) is 6.61 Å². The number of rotatable bonds is 6. The highest BCUT2D eigenvalue weighted by atomic mass is 35.5. The number of hydrazine groups is 1. The average molecular weight is 421 g/mol. The molecular weight excluding hydrogens is 404 g/mol. The van der Waals surface area contributed by atoms with E-state index in [-0.39, 0.29) is 6.61 Å². The van der Waals surface area contributed by atoms with Gasteiger partial charge in [0, 0.05) is 10.1 Å². The predicted octanol–water partition coefficient (Wildman–Crippen LogP) is 3.41. The van der Waals surface area contributed by atoms with Crippen molar-refractivity contribution in [1.82, 2.24) is 10.9 Å². The second-order valence-electron chi connectivity index (χ2n) is 5.57. The molecule has 1 heterocycles. The first-order chi connectivity index (χ1) is 13.5. The molecule has 0 fully saturated rings. The molecule has 1 aromatic heterocycles. The summed E-state index contributed by atoms with van der Waals surface area (Å²) in [5.74, 6) is 0.832. The van der Waals surface area contributed by atoms with E-state index in [0.717, 1.165) is 10.1 Å². The minimum Gasteiger partial charge on any atom is -0.497 e. The minimum absolute atomic E-state index is 0.260. The molecule has 3 aromatic rings. The molecule has 2 amide bonds. The Bertz CT molecular complexity index is 1000. The zero-order valence-corrected chi connectivity index (χ0v) is 16.6. The van der Waals surface area contributed by atoms with E-state index < -0.39 is 11.8 Å². The first-order valence-corrected chi connectivity index (χ1v) is 9.33. The number of nitrogens with one attached hydrogen (secondary N) is 2. The lowest BCUT2D eigenvalue weighted by Crippen LogP contribution is -2.43. The van der Waals surface area contributed by atoms with Gasteiger partial charge in [-0.05, 0) is 42.5 Å². The monoisotopic (exact) mass is 420 g/mol. The molecular formula is C19H17ClN2O5S. The van der Waals surface area contributed by atoms with Crippen LogP contribution in [-0.2, 0) is 4.79 Å². The quantitative estimate of drug-likeness (QED) is 0.597. The highest BCUT2D eigenvalue weighted by Gasteiger charge is 2.18. The van der Waals surface area contributed by atoms with E-state index in [1.165, 1.54) is 11.3 Å². The number of carbonyl (C=O) groups excluding carboxylic acids is 2. The summed E-state index contributed by atoms with van der Waals surface area (Å²) < 4.78 is 16.4. The highest BCUT2D eigenvalue weighted by molar-refractivity contribution is 7.21. The molecule has 146 valence electrons. The van der Waals surface area contributed by atoms with Crippen molar-refractivity contribution in [2.24, 2.45) is 0 Å². The Hall–Kier alpha value is -2.97. The second kappa shape index (κ2) is 8.81.